The van der Waals surface area contributed by atoms with Crippen molar-refractivity contribution in [1.29, 1.82) is 0 Å². The molecule has 0 atom stereocenters. The molecule has 0 aliphatic heterocycles. The molecule has 100 valence electrons. The summed E-state index contributed by atoms with van der Waals surface area (Å²) >= 11 is 1.54. The van der Waals surface area contributed by atoms with Crippen molar-refractivity contribution in [2.75, 3.05) is 0 Å². The first-order valence-corrected chi connectivity index (χ1v) is 6.78. The van der Waals surface area contributed by atoms with Crippen molar-refractivity contribution >= 4 is 28.4 Å². The highest BCUT2D eigenvalue weighted by molar-refractivity contribution is 7.99. The Hall–Kier alpha value is -2.47. The fourth-order valence-electron chi connectivity index (χ4n) is 2.05. The molecule has 1 aromatic heterocycles. The number of oxime groups is 1. The minimum absolute atomic E-state index is 0.107. The molecule has 4 N–H and O–H groups in total. The summed E-state index contributed by atoms with van der Waals surface area (Å²) in [4.78, 5) is 8.33. The molecule has 1 heterocycles. The summed E-state index contributed by atoms with van der Waals surface area (Å²) in [6.07, 6.45) is 3.50. The van der Waals surface area contributed by atoms with Crippen molar-refractivity contribution in [1.82, 2.24) is 9.97 Å². The maximum Gasteiger partial charge on any atom is 0.170 e. The Labute approximate surface area is 119 Å². The molecule has 5 nitrogen and oxygen atoms in total. The number of nitrogens with zero attached hydrogens (tertiary/aromatic N) is 2. The third kappa shape index (κ3) is 2.21. The number of amidine groups is 1. The zero-order chi connectivity index (χ0) is 13.9. The SMILES string of the molecule is N/C(=N/O)c1ccc(Sc2ncc[nH]2)c2ccccc12. The van der Waals surface area contributed by atoms with Crippen LogP contribution in [0.4, 0.5) is 0 Å². The van der Waals surface area contributed by atoms with E-state index < -0.39 is 0 Å². The number of nitrogens with one attached hydrogen (secondary N) is 1. The summed E-state index contributed by atoms with van der Waals surface area (Å²) in [5.41, 5.74) is 6.44. The Balaban J connectivity index is 2.16. The molecule has 0 bridgehead atoms. The van der Waals surface area contributed by atoms with E-state index in [0.717, 1.165) is 20.8 Å². The quantitative estimate of drug-likeness (QED) is 0.299. The number of fused-ring (bicyclic) bond motifs is 1. The van der Waals surface area contributed by atoms with Gasteiger partial charge in [0.2, 0.25) is 0 Å². The van der Waals surface area contributed by atoms with E-state index in [2.05, 4.69) is 15.1 Å². The van der Waals surface area contributed by atoms with Gasteiger partial charge in [0, 0.05) is 22.9 Å². The number of benzene rings is 2. The third-order valence-corrected chi connectivity index (χ3v) is 3.94. The van der Waals surface area contributed by atoms with Crippen molar-refractivity contribution in [3.63, 3.8) is 0 Å². The summed E-state index contributed by atoms with van der Waals surface area (Å²) in [5.74, 6) is 0.107. The van der Waals surface area contributed by atoms with E-state index in [1.54, 1.807) is 24.2 Å². The Morgan fingerprint density at radius 2 is 2.00 bits per heavy atom. The normalized spacial score (nSPS) is 11.9. The number of aromatic nitrogens is 2. The van der Waals surface area contributed by atoms with Crippen LogP contribution in [0.25, 0.3) is 10.8 Å². The Morgan fingerprint density at radius 3 is 2.70 bits per heavy atom. The van der Waals surface area contributed by atoms with E-state index in [9.17, 15) is 0 Å². The second-order valence-corrected chi connectivity index (χ2v) is 5.17. The lowest BCUT2D eigenvalue weighted by molar-refractivity contribution is 0.318. The largest absolute Gasteiger partial charge is 0.409 e. The molecule has 0 amide bonds. The first kappa shape index (κ1) is 12.6. The van der Waals surface area contributed by atoms with Crippen LogP contribution in [-0.4, -0.2) is 21.0 Å². The first-order valence-electron chi connectivity index (χ1n) is 5.96. The lowest BCUT2D eigenvalue weighted by atomic mass is 10.0. The van der Waals surface area contributed by atoms with Crippen LogP contribution >= 0.6 is 11.8 Å². The van der Waals surface area contributed by atoms with E-state index in [-0.39, 0.29) is 5.84 Å². The highest BCUT2D eigenvalue weighted by Crippen LogP contribution is 2.33. The third-order valence-electron chi connectivity index (χ3n) is 2.95. The van der Waals surface area contributed by atoms with E-state index in [1.807, 2.05) is 36.4 Å². The smallest absolute Gasteiger partial charge is 0.170 e. The van der Waals surface area contributed by atoms with Crippen LogP contribution in [0, 0.1) is 0 Å². The fraction of sp³-hybridized carbons (Fsp3) is 0. The molecule has 20 heavy (non-hydrogen) atoms. The van der Waals surface area contributed by atoms with Gasteiger partial charge in [-0.2, -0.15) is 0 Å². The van der Waals surface area contributed by atoms with Crippen LogP contribution in [-0.2, 0) is 0 Å². The number of imidazole rings is 1. The van der Waals surface area contributed by atoms with E-state index in [1.165, 1.54) is 0 Å². The van der Waals surface area contributed by atoms with Gasteiger partial charge in [0.25, 0.3) is 0 Å². The summed E-state index contributed by atoms with van der Waals surface area (Å²) in [5, 5.41) is 14.8. The molecule has 3 rings (SSSR count). The number of rotatable bonds is 3. The molecule has 2 aromatic carbocycles. The van der Waals surface area contributed by atoms with Crippen molar-refractivity contribution < 1.29 is 5.21 Å². The average molecular weight is 284 g/mol. The van der Waals surface area contributed by atoms with Crippen LogP contribution in [0.2, 0.25) is 0 Å². The van der Waals surface area contributed by atoms with Crippen LogP contribution in [0.3, 0.4) is 0 Å². The topological polar surface area (TPSA) is 87.3 Å². The number of hydrogen-bond acceptors (Lipinski definition) is 4. The van der Waals surface area contributed by atoms with Gasteiger partial charge in [0.15, 0.2) is 11.0 Å². The van der Waals surface area contributed by atoms with E-state index in [0.29, 0.717) is 5.56 Å². The summed E-state index contributed by atoms with van der Waals surface area (Å²) in [6.45, 7) is 0. The first-order chi connectivity index (χ1) is 9.79. The van der Waals surface area contributed by atoms with Gasteiger partial charge in [0.1, 0.15) is 0 Å². The average Bonchev–Trinajstić information content (AvgIpc) is 3.00. The van der Waals surface area contributed by atoms with Crippen LogP contribution in [0.5, 0.6) is 0 Å². The molecule has 0 fully saturated rings. The van der Waals surface area contributed by atoms with Crippen LogP contribution in [0.15, 0.2) is 64.0 Å². The summed E-state index contributed by atoms with van der Waals surface area (Å²) in [6, 6.07) is 11.7. The molecule has 3 aromatic rings. The number of aromatic amines is 1. The Bertz CT molecular complexity index is 768. The lowest BCUT2D eigenvalue weighted by Crippen LogP contribution is -2.13. The number of hydrogen-bond donors (Lipinski definition) is 3. The van der Waals surface area contributed by atoms with Crippen molar-refractivity contribution in [3.05, 3.63) is 54.4 Å². The molecule has 0 unspecified atom stereocenters. The molecule has 0 spiro atoms. The molecule has 0 aliphatic rings. The van der Waals surface area contributed by atoms with Gasteiger partial charge in [-0.25, -0.2) is 4.98 Å². The maximum absolute atomic E-state index is 8.87. The Kier molecular flexibility index (Phi) is 3.30. The number of H-pyrrole nitrogens is 1. The monoisotopic (exact) mass is 284 g/mol. The van der Waals surface area contributed by atoms with Gasteiger partial charge in [0.05, 0.1) is 0 Å². The van der Waals surface area contributed by atoms with Crippen LogP contribution in [0.1, 0.15) is 5.56 Å². The molecular formula is C14H12N4OS. The van der Waals surface area contributed by atoms with Gasteiger partial charge in [-0.15, -0.1) is 0 Å². The highest BCUT2D eigenvalue weighted by atomic mass is 32.2. The van der Waals surface area contributed by atoms with E-state index in [4.69, 9.17) is 10.9 Å². The predicted octanol–water partition coefficient (Wildman–Crippen LogP) is 2.81. The molecule has 0 aliphatic carbocycles. The number of nitrogens with two attached hydrogens (primary N) is 1. The Morgan fingerprint density at radius 1 is 1.20 bits per heavy atom. The second kappa shape index (κ2) is 5.26. The van der Waals surface area contributed by atoms with Crippen molar-refractivity contribution in [3.8, 4) is 0 Å². The minimum atomic E-state index is 0.107. The van der Waals surface area contributed by atoms with Crippen LogP contribution < -0.4 is 5.73 Å². The summed E-state index contributed by atoms with van der Waals surface area (Å²) in [7, 11) is 0. The fourth-order valence-corrected chi connectivity index (χ4v) is 2.92. The standard InChI is InChI=1S/C14H12N4OS/c15-13(18-19)11-5-6-12(20-14-16-7-8-17-14)10-4-2-1-3-9(10)11/h1-8,19H,(H2,15,18)(H,16,17). The highest BCUT2D eigenvalue weighted by Gasteiger charge is 2.10. The van der Waals surface area contributed by atoms with Gasteiger partial charge >= 0.3 is 0 Å². The zero-order valence-electron chi connectivity index (χ0n) is 10.4. The van der Waals surface area contributed by atoms with Crippen molar-refractivity contribution in [2.24, 2.45) is 10.9 Å². The minimum Gasteiger partial charge on any atom is -0.409 e. The van der Waals surface area contributed by atoms with Gasteiger partial charge in [-0.3, -0.25) is 0 Å². The molecular weight excluding hydrogens is 272 g/mol. The maximum atomic E-state index is 8.87. The second-order valence-electron chi connectivity index (χ2n) is 4.14. The predicted molar refractivity (Wildman–Crippen MR) is 79.2 cm³/mol. The zero-order valence-corrected chi connectivity index (χ0v) is 11.3. The molecule has 0 radical (unpaired) electrons. The van der Waals surface area contributed by atoms with Crippen molar-refractivity contribution in [2.45, 2.75) is 10.1 Å². The molecule has 0 saturated carbocycles. The summed E-state index contributed by atoms with van der Waals surface area (Å²) < 4.78 is 0. The van der Waals surface area contributed by atoms with Gasteiger partial charge in [-0.1, -0.05) is 41.2 Å². The molecule has 0 saturated heterocycles. The van der Waals surface area contributed by atoms with E-state index >= 15 is 0 Å². The lowest BCUT2D eigenvalue weighted by Gasteiger charge is -2.09. The van der Waals surface area contributed by atoms with Gasteiger partial charge in [-0.05, 0) is 22.9 Å². The van der Waals surface area contributed by atoms with Gasteiger partial charge < -0.3 is 15.9 Å². The molecule has 6 heteroatoms.